The summed E-state index contributed by atoms with van der Waals surface area (Å²) in [4.78, 5) is 7.86. The van der Waals surface area contributed by atoms with E-state index in [-0.39, 0.29) is 23.0 Å². The SMILES string of the molecule is CC(C)(C)c1cc(-c2ccc3c(c2)N(c2cc(-c4ccccc4)cc(-c4ccccc4)c2)c2cc(C(C)(C)C)cc4c2B3c2cc3c(cc2N4c2cc(-c4ccccc4)cc(-c4ccccc4)c2)-c2ccccc2C32c3ccccc3N(c3ccccc3)c3ccccc32)cc(C(C)(C)C)c1. The highest BCUT2D eigenvalue weighted by atomic mass is 15.2. The van der Waals surface area contributed by atoms with Gasteiger partial charge in [-0.05, 0) is 223 Å². The molecule has 0 bridgehead atoms. The van der Waals surface area contributed by atoms with Gasteiger partial charge in [-0.2, -0.15) is 0 Å². The summed E-state index contributed by atoms with van der Waals surface area (Å²) in [6.07, 6.45) is 0. The molecule has 0 atom stereocenters. The normalized spacial score (nSPS) is 13.8. The lowest BCUT2D eigenvalue weighted by Crippen LogP contribution is -2.61. The Kier molecular flexibility index (Phi) is 14.3. The van der Waals surface area contributed by atoms with Crippen LogP contribution in [0.2, 0.25) is 0 Å². The van der Waals surface area contributed by atoms with E-state index < -0.39 is 5.41 Å². The number of hydrogen-bond acceptors (Lipinski definition) is 3. The van der Waals surface area contributed by atoms with Crippen molar-refractivity contribution in [2.75, 3.05) is 14.7 Å². The van der Waals surface area contributed by atoms with Crippen molar-refractivity contribution in [3.05, 3.63) is 360 Å². The van der Waals surface area contributed by atoms with Crippen LogP contribution in [-0.4, -0.2) is 6.71 Å². The molecule has 14 aromatic carbocycles. The van der Waals surface area contributed by atoms with Crippen LogP contribution in [0, 0.1) is 0 Å². The van der Waals surface area contributed by atoms with E-state index in [1.165, 1.54) is 134 Å². The summed E-state index contributed by atoms with van der Waals surface area (Å²) in [5.41, 5.74) is 36.3. The number of benzene rings is 14. The summed E-state index contributed by atoms with van der Waals surface area (Å²) < 4.78 is 0. The van der Waals surface area contributed by atoms with Crippen LogP contribution < -0.4 is 31.1 Å². The Morgan fingerprint density at radius 2 is 0.604 bits per heavy atom. The van der Waals surface area contributed by atoms with E-state index in [1.54, 1.807) is 0 Å². The molecule has 3 aliphatic heterocycles. The quantitative estimate of drug-likeness (QED) is 0.140. The topological polar surface area (TPSA) is 9.72 Å². The molecule has 101 heavy (non-hydrogen) atoms. The number of para-hydroxylation sites is 3. The van der Waals surface area contributed by atoms with Crippen molar-refractivity contribution < 1.29 is 0 Å². The fourth-order valence-corrected chi connectivity index (χ4v) is 16.9. The third-order valence-corrected chi connectivity index (χ3v) is 22.0. The highest BCUT2D eigenvalue weighted by Gasteiger charge is 2.54. The standard InChI is InChI=1S/C97H80BN3/c1-94(2,3)73-51-72(52-74(58-73)95(4,5)6)67-47-48-85-89(57-67)100(77-53-68(63-31-15-10-16-32-63)49-69(54-77)64-33-17-11-18-34-64)91-59-75(96(7,8)9)60-92-93(91)98(85)86-62-84-80(61-90(86)101(92)78-55-70(65-35-19-12-20-36-65)50-71(56-78)66-37-21-13-22-38-66)79-41-25-26-42-81(79)97(84)82-43-27-29-45-87(82)99(76-39-23-14-24-40-76)88-46-30-28-44-83(88)97/h10-62H,1-9H3. The van der Waals surface area contributed by atoms with Crippen molar-refractivity contribution >= 4 is 74.3 Å². The second kappa shape index (κ2) is 23.3. The first-order valence-corrected chi connectivity index (χ1v) is 35.9. The number of fused-ring (bicyclic) bond motifs is 13. The van der Waals surface area contributed by atoms with Crippen LogP contribution in [0.5, 0.6) is 0 Å². The molecule has 0 fully saturated rings. The van der Waals surface area contributed by atoms with Crippen molar-refractivity contribution in [3.63, 3.8) is 0 Å². The van der Waals surface area contributed by atoms with Crippen molar-refractivity contribution in [1.82, 2.24) is 0 Å². The van der Waals surface area contributed by atoms with Crippen LogP contribution in [0.4, 0.5) is 51.2 Å². The Bertz CT molecular complexity index is 5410. The molecule has 4 heteroatoms. The monoisotopic (exact) mass is 1300 g/mol. The predicted molar refractivity (Wildman–Crippen MR) is 429 cm³/mol. The van der Waals surface area contributed by atoms with E-state index in [0.717, 1.165) is 39.3 Å². The highest BCUT2D eigenvalue weighted by molar-refractivity contribution is 7.00. The Labute approximate surface area is 596 Å². The lowest BCUT2D eigenvalue weighted by Gasteiger charge is -2.47. The molecule has 18 rings (SSSR count). The summed E-state index contributed by atoms with van der Waals surface area (Å²) in [6, 6.07) is 123. The number of hydrogen-bond donors (Lipinski definition) is 0. The first-order valence-electron chi connectivity index (χ1n) is 35.9. The second-order valence-electron chi connectivity index (χ2n) is 31.3. The Morgan fingerprint density at radius 1 is 0.228 bits per heavy atom. The molecule has 4 aliphatic rings. The lowest BCUT2D eigenvalue weighted by atomic mass is 9.33. The van der Waals surface area contributed by atoms with Crippen LogP contribution in [0.3, 0.4) is 0 Å². The zero-order chi connectivity index (χ0) is 68.7. The van der Waals surface area contributed by atoms with Gasteiger partial charge in [-0.1, -0.05) is 299 Å². The average molecular weight is 1300 g/mol. The number of nitrogens with zero attached hydrogens (tertiary/aromatic N) is 3. The molecule has 1 spiro atoms. The van der Waals surface area contributed by atoms with Gasteiger partial charge >= 0.3 is 0 Å². The maximum Gasteiger partial charge on any atom is 0.252 e. The van der Waals surface area contributed by atoms with Gasteiger partial charge in [0.1, 0.15) is 0 Å². The third-order valence-electron chi connectivity index (χ3n) is 22.0. The number of anilines is 9. The minimum Gasteiger partial charge on any atom is -0.311 e. The molecule has 0 unspecified atom stereocenters. The van der Waals surface area contributed by atoms with Gasteiger partial charge in [0.05, 0.1) is 16.8 Å². The third kappa shape index (κ3) is 10.1. The molecule has 3 nitrogen and oxygen atoms in total. The second-order valence-corrected chi connectivity index (χ2v) is 31.3. The van der Waals surface area contributed by atoms with Gasteiger partial charge in [-0.3, -0.25) is 0 Å². The lowest BCUT2D eigenvalue weighted by molar-refractivity contribution is 0.569. The Hall–Kier alpha value is -11.5. The van der Waals surface area contributed by atoms with Gasteiger partial charge < -0.3 is 14.7 Å². The molecule has 0 aromatic heterocycles. The minimum absolute atomic E-state index is 0.0860. The van der Waals surface area contributed by atoms with Crippen molar-refractivity contribution in [1.29, 1.82) is 0 Å². The summed E-state index contributed by atoms with van der Waals surface area (Å²) in [6.45, 7) is 21.1. The minimum atomic E-state index is -0.709. The maximum absolute atomic E-state index is 2.71. The molecular formula is C97H80BN3. The smallest absolute Gasteiger partial charge is 0.252 e. The van der Waals surface area contributed by atoms with E-state index in [2.05, 4.69) is 399 Å². The van der Waals surface area contributed by atoms with Gasteiger partial charge in [-0.15, -0.1) is 0 Å². The largest absolute Gasteiger partial charge is 0.311 e. The van der Waals surface area contributed by atoms with Crippen LogP contribution >= 0.6 is 0 Å². The van der Waals surface area contributed by atoms with E-state index in [9.17, 15) is 0 Å². The van der Waals surface area contributed by atoms with E-state index in [4.69, 9.17) is 0 Å². The molecule has 0 amide bonds. The molecule has 0 saturated heterocycles. The maximum atomic E-state index is 2.71. The molecule has 3 heterocycles. The Balaban J connectivity index is 0.998. The van der Waals surface area contributed by atoms with Gasteiger partial charge in [0.15, 0.2) is 0 Å². The van der Waals surface area contributed by atoms with Gasteiger partial charge in [0.25, 0.3) is 6.71 Å². The summed E-state index contributed by atoms with van der Waals surface area (Å²) in [7, 11) is 0. The predicted octanol–water partition coefficient (Wildman–Crippen LogP) is 24.1. The van der Waals surface area contributed by atoms with Crippen LogP contribution in [0.15, 0.2) is 322 Å². The fraction of sp³-hybridized carbons (Fsp3) is 0.134. The zero-order valence-corrected chi connectivity index (χ0v) is 59.0. The highest BCUT2D eigenvalue weighted by Crippen LogP contribution is 2.64. The van der Waals surface area contributed by atoms with Crippen molar-refractivity contribution in [2.45, 2.75) is 84.0 Å². The van der Waals surface area contributed by atoms with Gasteiger partial charge in [0.2, 0.25) is 0 Å². The van der Waals surface area contributed by atoms with E-state index in [0.29, 0.717) is 0 Å². The average Bonchev–Trinajstić information content (AvgIpc) is 1.59. The van der Waals surface area contributed by atoms with Crippen LogP contribution in [-0.2, 0) is 21.7 Å². The van der Waals surface area contributed by atoms with Gasteiger partial charge in [0, 0.05) is 39.8 Å². The summed E-state index contributed by atoms with van der Waals surface area (Å²) in [5, 5.41) is 0. The summed E-state index contributed by atoms with van der Waals surface area (Å²) in [5.74, 6) is 0. The zero-order valence-electron chi connectivity index (χ0n) is 59.0. The molecule has 1 aliphatic carbocycles. The first kappa shape index (κ1) is 61.8. The van der Waals surface area contributed by atoms with Crippen LogP contribution in [0.25, 0.3) is 66.8 Å². The van der Waals surface area contributed by atoms with Gasteiger partial charge in [-0.25, -0.2) is 0 Å². The molecule has 0 N–H and O–H groups in total. The van der Waals surface area contributed by atoms with E-state index in [1.807, 2.05) is 0 Å². The molecule has 0 saturated carbocycles. The van der Waals surface area contributed by atoms with Crippen molar-refractivity contribution in [2.24, 2.45) is 0 Å². The van der Waals surface area contributed by atoms with E-state index >= 15 is 0 Å². The molecular weight excluding hydrogens is 1220 g/mol. The molecule has 14 aromatic rings. The van der Waals surface area contributed by atoms with Crippen molar-refractivity contribution in [3.8, 4) is 66.8 Å². The fourth-order valence-electron chi connectivity index (χ4n) is 16.9. The molecule has 486 valence electrons. The van der Waals surface area contributed by atoms with Crippen LogP contribution in [0.1, 0.15) is 101 Å². The molecule has 0 radical (unpaired) electrons. The number of rotatable bonds is 8. The first-order chi connectivity index (χ1) is 49.0. The summed E-state index contributed by atoms with van der Waals surface area (Å²) >= 11 is 0. The Morgan fingerprint density at radius 3 is 1.06 bits per heavy atom.